The van der Waals surface area contributed by atoms with Crippen molar-refractivity contribution >= 4 is 5.78 Å². The van der Waals surface area contributed by atoms with Gasteiger partial charge in [-0.15, -0.1) is 0 Å². The standard InChI is InChI=1S/C14H24O/c1-2-13(15)12-6-10-14(11-7-12)8-4-3-5-9-14/h12H,2-11H2,1H3. The maximum atomic E-state index is 11.6. The molecule has 0 heterocycles. The lowest BCUT2D eigenvalue weighted by atomic mass is 9.63. The van der Waals surface area contributed by atoms with Crippen molar-refractivity contribution in [2.45, 2.75) is 71.1 Å². The average Bonchev–Trinajstić information content (AvgIpc) is 2.30. The molecule has 0 amide bonds. The largest absolute Gasteiger partial charge is 0.299 e. The van der Waals surface area contributed by atoms with E-state index >= 15 is 0 Å². The van der Waals surface area contributed by atoms with Gasteiger partial charge < -0.3 is 0 Å². The predicted octanol–water partition coefficient (Wildman–Crippen LogP) is 4.11. The van der Waals surface area contributed by atoms with Crippen LogP contribution in [0.3, 0.4) is 0 Å². The lowest BCUT2D eigenvalue weighted by Gasteiger charge is -2.42. The summed E-state index contributed by atoms with van der Waals surface area (Å²) in [5.74, 6) is 0.934. The van der Waals surface area contributed by atoms with E-state index in [1.165, 1.54) is 57.8 Å². The van der Waals surface area contributed by atoms with Crippen LogP contribution in [-0.2, 0) is 4.79 Å². The lowest BCUT2D eigenvalue weighted by molar-refractivity contribution is -0.124. The molecular formula is C14H24O. The maximum Gasteiger partial charge on any atom is 0.135 e. The van der Waals surface area contributed by atoms with Crippen LogP contribution in [0.15, 0.2) is 0 Å². The van der Waals surface area contributed by atoms with E-state index in [-0.39, 0.29) is 0 Å². The van der Waals surface area contributed by atoms with Crippen molar-refractivity contribution in [1.29, 1.82) is 0 Å². The second-order valence-corrected chi connectivity index (χ2v) is 5.65. The molecular weight excluding hydrogens is 184 g/mol. The highest BCUT2D eigenvalue weighted by Gasteiger charge is 2.37. The lowest BCUT2D eigenvalue weighted by Crippen LogP contribution is -2.32. The molecule has 0 aliphatic heterocycles. The van der Waals surface area contributed by atoms with Gasteiger partial charge in [-0.1, -0.05) is 26.2 Å². The second-order valence-electron chi connectivity index (χ2n) is 5.65. The van der Waals surface area contributed by atoms with Gasteiger partial charge in [0.1, 0.15) is 5.78 Å². The first-order valence-electron chi connectivity index (χ1n) is 6.78. The molecule has 0 N–H and O–H groups in total. The molecule has 1 heteroatoms. The van der Waals surface area contributed by atoms with Crippen LogP contribution in [0.4, 0.5) is 0 Å². The van der Waals surface area contributed by atoms with Crippen LogP contribution in [0.5, 0.6) is 0 Å². The van der Waals surface area contributed by atoms with E-state index in [9.17, 15) is 4.79 Å². The Labute approximate surface area is 93.6 Å². The van der Waals surface area contributed by atoms with E-state index in [1.54, 1.807) is 0 Å². The summed E-state index contributed by atoms with van der Waals surface area (Å²) in [6.07, 6.45) is 13.0. The first-order chi connectivity index (χ1) is 7.26. The third-order valence-electron chi connectivity index (χ3n) is 4.76. The van der Waals surface area contributed by atoms with Crippen LogP contribution in [0.25, 0.3) is 0 Å². The number of Topliss-reactive ketones (excluding diaryl/α,β-unsaturated/α-hetero) is 1. The minimum absolute atomic E-state index is 0.419. The molecule has 86 valence electrons. The van der Waals surface area contributed by atoms with Crippen LogP contribution < -0.4 is 0 Å². The van der Waals surface area contributed by atoms with Gasteiger partial charge in [-0.2, -0.15) is 0 Å². The highest BCUT2D eigenvalue weighted by Crippen LogP contribution is 2.48. The molecule has 2 aliphatic carbocycles. The van der Waals surface area contributed by atoms with Crippen LogP contribution in [0.2, 0.25) is 0 Å². The summed E-state index contributed by atoms with van der Waals surface area (Å²) in [6.45, 7) is 2.01. The smallest absolute Gasteiger partial charge is 0.135 e. The minimum atomic E-state index is 0.419. The van der Waals surface area contributed by atoms with Crippen LogP contribution in [-0.4, -0.2) is 5.78 Å². The maximum absolute atomic E-state index is 11.6. The molecule has 0 aromatic heterocycles. The first-order valence-corrected chi connectivity index (χ1v) is 6.78. The summed E-state index contributed by atoms with van der Waals surface area (Å²) in [7, 11) is 0. The Morgan fingerprint density at radius 3 is 2.20 bits per heavy atom. The van der Waals surface area contributed by atoms with Crippen molar-refractivity contribution in [3.05, 3.63) is 0 Å². The molecule has 0 aromatic carbocycles. The fourth-order valence-corrected chi connectivity index (χ4v) is 3.64. The minimum Gasteiger partial charge on any atom is -0.299 e. The molecule has 2 fully saturated rings. The van der Waals surface area contributed by atoms with Gasteiger partial charge in [0.05, 0.1) is 0 Å². The van der Waals surface area contributed by atoms with Crippen molar-refractivity contribution in [2.24, 2.45) is 11.3 Å². The van der Waals surface area contributed by atoms with Crippen LogP contribution in [0, 0.1) is 11.3 Å². The summed E-state index contributed by atoms with van der Waals surface area (Å²) >= 11 is 0. The molecule has 0 aromatic rings. The molecule has 1 spiro atoms. The van der Waals surface area contributed by atoms with E-state index < -0.39 is 0 Å². The molecule has 0 bridgehead atoms. The zero-order valence-electron chi connectivity index (χ0n) is 10.1. The molecule has 0 saturated heterocycles. The van der Waals surface area contributed by atoms with E-state index in [0.717, 1.165) is 6.42 Å². The van der Waals surface area contributed by atoms with Gasteiger partial charge >= 0.3 is 0 Å². The zero-order chi connectivity index (χ0) is 10.7. The van der Waals surface area contributed by atoms with Gasteiger partial charge in [0.15, 0.2) is 0 Å². The van der Waals surface area contributed by atoms with Crippen molar-refractivity contribution < 1.29 is 4.79 Å². The number of hydrogen-bond acceptors (Lipinski definition) is 1. The van der Waals surface area contributed by atoms with Crippen molar-refractivity contribution in [2.75, 3.05) is 0 Å². The summed E-state index contributed by atoms with van der Waals surface area (Å²) in [6, 6.07) is 0. The Morgan fingerprint density at radius 1 is 1.07 bits per heavy atom. The monoisotopic (exact) mass is 208 g/mol. The van der Waals surface area contributed by atoms with E-state index in [0.29, 0.717) is 17.1 Å². The summed E-state index contributed by atoms with van der Waals surface area (Å²) < 4.78 is 0. The molecule has 0 radical (unpaired) electrons. The fourth-order valence-electron chi connectivity index (χ4n) is 3.64. The van der Waals surface area contributed by atoms with Crippen molar-refractivity contribution in [3.8, 4) is 0 Å². The summed E-state index contributed by atoms with van der Waals surface area (Å²) in [5, 5.41) is 0. The number of carbonyl (C=O) groups is 1. The van der Waals surface area contributed by atoms with E-state index in [1.807, 2.05) is 6.92 Å². The van der Waals surface area contributed by atoms with Gasteiger partial charge in [0.25, 0.3) is 0 Å². The van der Waals surface area contributed by atoms with Crippen molar-refractivity contribution in [1.82, 2.24) is 0 Å². The quantitative estimate of drug-likeness (QED) is 0.667. The second kappa shape index (κ2) is 4.67. The Morgan fingerprint density at radius 2 is 1.67 bits per heavy atom. The van der Waals surface area contributed by atoms with Gasteiger partial charge in [0.2, 0.25) is 0 Å². The van der Waals surface area contributed by atoms with Gasteiger partial charge in [-0.05, 0) is 43.9 Å². The van der Waals surface area contributed by atoms with Crippen LogP contribution in [0.1, 0.15) is 71.1 Å². The Balaban J connectivity index is 1.88. The molecule has 1 nitrogen and oxygen atoms in total. The molecule has 2 saturated carbocycles. The molecule has 0 atom stereocenters. The van der Waals surface area contributed by atoms with Gasteiger partial charge in [0, 0.05) is 12.3 Å². The SMILES string of the molecule is CCC(=O)C1CCC2(CCCCC2)CC1. The number of carbonyl (C=O) groups excluding carboxylic acids is 1. The van der Waals surface area contributed by atoms with Gasteiger partial charge in [-0.3, -0.25) is 4.79 Å². The fraction of sp³-hybridized carbons (Fsp3) is 0.929. The predicted molar refractivity (Wildman–Crippen MR) is 62.8 cm³/mol. The zero-order valence-corrected chi connectivity index (χ0v) is 10.1. The topological polar surface area (TPSA) is 17.1 Å². The van der Waals surface area contributed by atoms with Gasteiger partial charge in [-0.25, -0.2) is 0 Å². The molecule has 15 heavy (non-hydrogen) atoms. The summed E-state index contributed by atoms with van der Waals surface area (Å²) in [4.78, 5) is 11.6. The molecule has 2 aliphatic rings. The highest BCUT2D eigenvalue weighted by molar-refractivity contribution is 5.80. The van der Waals surface area contributed by atoms with Crippen LogP contribution >= 0.6 is 0 Å². The Bertz CT molecular complexity index is 215. The summed E-state index contributed by atoms with van der Waals surface area (Å²) in [5.41, 5.74) is 0.669. The van der Waals surface area contributed by atoms with E-state index in [2.05, 4.69) is 0 Å². The third kappa shape index (κ3) is 2.43. The number of rotatable bonds is 2. The molecule has 0 unspecified atom stereocenters. The normalized spacial score (nSPS) is 26.7. The van der Waals surface area contributed by atoms with E-state index in [4.69, 9.17) is 0 Å². The number of ketones is 1. The first kappa shape index (κ1) is 11.2. The highest BCUT2D eigenvalue weighted by atomic mass is 16.1. The number of hydrogen-bond donors (Lipinski definition) is 0. The third-order valence-corrected chi connectivity index (χ3v) is 4.76. The Kier molecular flexibility index (Phi) is 3.48. The Hall–Kier alpha value is -0.330. The van der Waals surface area contributed by atoms with Crippen molar-refractivity contribution in [3.63, 3.8) is 0 Å². The molecule has 2 rings (SSSR count). The average molecular weight is 208 g/mol.